The fraction of sp³-hybridized carbons (Fsp3) is 0.0476. The summed E-state index contributed by atoms with van der Waals surface area (Å²) in [6.07, 6.45) is 1.90. The number of nitrogens with zero attached hydrogens (tertiary/aromatic N) is 1. The lowest BCUT2D eigenvalue weighted by molar-refractivity contribution is -0.493. The molecular formula is C21H17FN3O+. The number of halogens is 1. The number of amides is 1. The molecule has 0 spiro atoms. The number of fused-ring (bicyclic) bond motifs is 1. The van der Waals surface area contributed by atoms with Gasteiger partial charge in [-0.05, 0) is 36.8 Å². The van der Waals surface area contributed by atoms with E-state index in [4.69, 9.17) is 0 Å². The zero-order chi connectivity index (χ0) is 18.1. The number of pyridine rings is 1. The molecule has 26 heavy (non-hydrogen) atoms. The molecule has 4 aromatic rings. The second kappa shape index (κ2) is 6.44. The monoisotopic (exact) mass is 346 g/mol. The van der Waals surface area contributed by atoms with Crippen molar-refractivity contribution >= 4 is 17.4 Å². The van der Waals surface area contributed by atoms with Crippen LogP contribution in [0.25, 0.3) is 16.9 Å². The molecule has 0 unspecified atom stereocenters. The molecule has 2 N–H and O–H groups in total. The first kappa shape index (κ1) is 16.0. The Bertz CT molecular complexity index is 1100. The zero-order valence-electron chi connectivity index (χ0n) is 14.2. The van der Waals surface area contributed by atoms with Crippen molar-refractivity contribution in [2.24, 2.45) is 0 Å². The van der Waals surface area contributed by atoms with E-state index in [0.29, 0.717) is 5.82 Å². The van der Waals surface area contributed by atoms with Gasteiger partial charge in [0, 0.05) is 11.6 Å². The van der Waals surface area contributed by atoms with E-state index in [1.54, 1.807) is 6.07 Å². The van der Waals surface area contributed by atoms with Crippen molar-refractivity contribution < 1.29 is 13.6 Å². The predicted octanol–water partition coefficient (Wildman–Crippen LogP) is 4.12. The maximum Gasteiger partial charge on any atom is 0.311 e. The molecule has 4 rings (SSSR count). The van der Waals surface area contributed by atoms with Crippen molar-refractivity contribution in [1.29, 1.82) is 0 Å². The molecule has 0 aliphatic rings. The van der Waals surface area contributed by atoms with Gasteiger partial charge < -0.3 is 0 Å². The number of imidazole rings is 1. The maximum absolute atomic E-state index is 13.5. The average molecular weight is 346 g/mol. The van der Waals surface area contributed by atoms with Crippen LogP contribution in [0.3, 0.4) is 0 Å². The van der Waals surface area contributed by atoms with Gasteiger partial charge in [0.15, 0.2) is 5.69 Å². The first-order chi connectivity index (χ1) is 12.6. The second-order valence-corrected chi connectivity index (χ2v) is 6.14. The number of H-pyrrole nitrogens is 1. The summed E-state index contributed by atoms with van der Waals surface area (Å²) in [7, 11) is 0. The van der Waals surface area contributed by atoms with Crippen LogP contribution in [0.15, 0.2) is 72.9 Å². The second-order valence-electron chi connectivity index (χ2n) is 6.14. The van der Waals surface area contributed by atoms with Crippen LogP contribution in [0.5, 0.6) is 0 Å². The smallest absolute Gasteiger partial charge is 0.267 e. The van der Waals surface area contributed by atoms with Crippen molar-refractivity contribution in [2.75, 3.05) is 5.32 Å². The van der Waals surface area contributed by atoms with Crippen molar-refractivity contribution in [3.63, 3.8) is 0 Å². The Balaban J connectivity index is 1.83. The first-order valence-corrected chi connectivity index (χ1v) is 8.28. The normalized spacial score (nSPS) is 10.8. The number of anilines is 1. The highest BCUT2D eigenvalue weighted by Crippen LogP contribution is 2.25. The van der Waals surface area contributed by atoms with Crippen LogP contribution >= 0.6 is 0 Å². The lowest BCUT2D eigenvalue weighted by Crippen LogP contribution is -2.27. The number of aryl methyl sites for hydroxylation is 1. The largest absolute Gasteiger partial charge is 0.311 e. The van der Waals surface area contributed by atoms with Gasteiger partial charge >= 0.3 is 5.91 Å². The quantitative estimate of drug-likeness (QED) is 0.539. The first-order valence-electron chi connectivity index (χ1n) is 8.28. The van der Waals surface area contributed by atoms with Crippen molar-refractivity contribution in [3.05, 3.63) is 89.9 Å². The number of aromatic nitrogens is 2. The Morgan fingerprint density at radius 2 is 1.85 bits per heavy atom. The standard InChI is InChI=1S/C21H16FN3O/c1-14-10-11-25-18(12-14)23-19(15-6-3-2-4-7-15)20(25)24-21(26)16-8-5-9-17(22)13-16/h2-13H,1H3,(H,24,26)/p+1. The van der Waals surface area contributed by atoms with Gasteiger partial charge in [-0.3, -0.25) is 9.78 Å². The summed E-state index contributed by atoms with van der Waals surface area (Å²) < 4.78 is 15.3. The summed E-state index contributed by atoms with van der Waals surface area (Å²) in [5.41, 5.74) is 3.97. The topological polar surface area (TPSA) is 49.0 Å². The molecule has 2 aromatic heterocycles. The fourth-order valence-corrected chi connectivity index (χ4v) is 2.95. The Morgan fingerprint density at radius 3 is 2.62 bits per heavy atom. The van der Waals surface area contributed by atoms with Crippen molar-refractivity contribution in [3.8, 4) is 11.3 Å². The van der Waals surface area contributed by atoms with E-state index in [-0.39, 0.29) is 11.5 Å². The molecule has 0 aliphatic carbocycles. The van der Waals surface area contributed by atoms with Crippen LogP contribution in [0, 0.1) is 12.7 Å². The molecule has 0 atom stereocenters. The zero-order valence-corrected chi connectivity index (χ0v) is 14.2. The molecule has 0 saturated heterocycles. The van der Waals surface area contributed by atoms with E-state index >= 15 is 0 Å². The van der Waals surface area contributed by atoms with Crippen molar-refractivity contribution in [1.82, 2.24) is 4.98 Å². The minimum Gasteiger partial charge on any atom is -0.267 e. The van der Waals surface area contributed by atoms with Gasteiger partial charge in [-0.2, -0.15) is 0 Å². The third kappa shape index (κ3) is 2.95. The molecule has 5 heteroatoms. The SMILES string of the molecule is Cc1cc[n+]2c(NC(=O)c3cccc(F)c3)c(-c3ccccc3)[nH]c2c1. The van der Waals surface area contributed by atoms with E-state index in [1.165, 1.54) is 18.2 Å². The number of benzene rings is 2. The summed E-state index contributed by atoms with van der Waals surface area (Å²) in [6.45, 7) is 2.01. The molecule has 128 valence electrons. The molecule has 1 amide bonds. The van der Waals surface area contributed by atoms with Crippen LogP contribution in [-0.2, 0) is 0 Å². The van der Waals surface area contributed by atoms with Gasteiger partial charge in [0.25, 0.3) is 5.82 Å². The number of aromatic amines is 1. The van der Waals surface area contributed by atoms with Crippen LogP contribution in [-0.4, -0.2) is 10.9 Å². The molecule has 0 saturated carbocycles. The third-order valence-electron chi connectivity index (χ3n) is 4.22. The predicted molar refractivity (Wildman–Crippen MR) is 98.5 cm³/mol. The van der Waals surface area contributed by atoms with Crippen LogP contribution in [0.2, 0.25) is 0 Å². The molecule has 2 aromatic carbocycles. The number of carbonyl (C=O) groups is 1. The molecule has 0 bridgehead atoms. The van der Waals surface area contributed by atoms with E-state index in [2.05, 4.69) is 10.3 Å². The Labute approximate surface area is 149 Å². The molecular weight excluding hydrogens is 329 g/mol. The van der Waals surface area contributed by atoms with Crippen LogP contribution in [0.4, 0.5) is 10.2 Å². The Morgan fingerprint density at radius 1 is 1.04 bits per heavy atom. The highest BCUT2D eigenvalue weighted by atomic mass is 19.1. The lowest BCUT2D eigenvalue weighted by atomic mass is 10.1. The van der Waals surface area contributed by atoms with Gasteiger partial charge in [0.2, 0.25) is 5.65 Å². The summed E-state index contributed by atoms with van der Waals surface area (Å²) in [5.74, 6) is -0.195. The van der Waals surface area contributed by atoms with Gasteiger partial charge in [0.1, 0.15) is 5.82 Å². The van der Waals surface area contributed by atoms with Crippen LogP contribution < -0.4 is 9.72 Å². The molecule has 0 fully saturated rings. The minimum absolute atomic E-state index is 0.270. The van der Waals surface area contributed by atoms with Gasteiger partial charge in [0.05, 0.1) is 11.8 Å². The number of hydrogen-bond donors (Lipinski definition) is 2. The third-order valence-corrected chi connectivity index (χ3v) is 4.22. The molecule has 2 heterocycles. The van der Waals surface area contributed by atoms with E-state index in [1.807, 2.05) is 60.0 Å². The van der Waals surface area contributed by atoms with E-state index in [9.17, 15) is 9.18 Å². The van der Waals surface area contributed by atoms with Gasteiger partial charge in [-0.25, -0.2) is 14.1 Å². The fourth-order valence-electron chi connectivity index (χ4n) is 2.95. The minimum atomic E-state index is -0.442. The summed E-state index contributed by atoms with van der Waals surface area (Å²) in [5, 5.41) is 2.92. The van der Waals surface area contributed by atoms with E-state index < -0.39 is 5.82 Å². The Hall–Kier alpha value is -3.47. The van der Waals surface area contributed by atoms with Crippen LogP contribution in [0.1, 0.15) is 15.9 Å². The summed E-state index contributed by atoms with van der Waals surface area (Å²) in [4.78, 5) is 16.0. The lowest BCUT2D eigenvalue weighted by Gasteiger charge is -2.02. The molecule has 0 radical (unpaired) electrons. The van der Waals surface area contributed by atoms with E-state index in [0.717, 1.165) is 22.5 Å². The molecule has 0 aliphatic heterocycles. The summed E-state index contributed by atoms with van der Waals surface area (Å²) >= 11 is 0. The number of hydrogen-bond acceptors (Lipinski definition) is 1. The van der Waals surface area contributed by atoms with Crippen molar-refractivity contribution in [2.45, 2.75) is 6.92 Å². The van der Waals surface area contributed by atoms with Gasteiger partial charge in [-0.1, -0.05) is 36.4 Å². The average Bonchev–Trinajstić information content (AvgIpc) is 3.00. The molecule has 4 nitrogen and oxygen atoms in total. The number of nitrogens with one attached hydrogen (secondary N) is 2. The summed E-state index contributed by atoms with van der Waals surface area (Å²) in [6, 6.07) is 19.4. The van der Waals surface area contributed by atoms with Gasteiger partial charge in [-0.15, -0.1) is 0 Å². The Kier molecular flexibility index (Phi) is 3.97. The number of rotatable bonds is 3. The number of carbonyl (C=O) groups excluding carboxylic acids is 1. The highest BCUT2D eigenvalue weighted by Gasteiger charge is 2.23. The maximum atomic E-state index is 13.5. The highest BCUT2D eigenvalue weighted by molar-refractivity contribution is 6.05.